The van der Waals surface area contributed by atoms with Crippen LogP contribution in [0.2, 0.25) is 0 Å². The highest BCUT2D eigenvalue weighted by molar-refractivity contribution is 5.88. The third kappa shape index (κ3) is 12.8. The van der Waals surface area contributed by atoms with Crippen molar-refractivity contribution in [3.63, 3.8) is 0 Å². The monoisotopic (exact) mass is 440 g/mol. The Kier molecular flexibility index (Phi) is 17.1. The van der Waals surface area contributed by atoms with Gasteiger partial charge in [-0.05, 0) is 19.3 Å². The van der Waals surface area contributed by atoms with Crippen LogP contribution in [0.4, 0.5) is 0 Å². The molecular formula is C25H48N2O4. The van der Waals surface area contributed by atoms with Gasteiger partial charge in [-0.15, -0.1) is 0 Å². The number of hydrogen-bond acceptors (Lipinski definition) is 3. The van der Waals surface area contributed by atoms with Gasteiger partial charge >= 0.3 is 5.97 Å². The van der Waals surface area contributed by atoms with Crippen molar-refractivity contribution in [1.29, 1.82) is 0 Å². The van der Waals surface area contributed by atoms with Crippen LogP contribution < -0.4 is 11.1 Å². The Morgan fingerprint density at radius 2 is 1.32 bits per heavy atom. The molecule has 0 bridgehead atoms. The normalized spacial score (nSPS) is 14.0. The van der Waals surface area contributed by atoms with Gasteiger partial charge in [-0.2, -0.15) is 0 Å². The number of primary amides is 1. The number of carboxylic acids is 1. The molecule has 4 N–H and O–H groups in total. The van der Waals surface area contributed by atoms with Gasteiger partial charge in [0.25, 0.3) is 0 Å². The molecule has 0 aromatic heterocycles. The first kappa shape index (κ1) is 29.4. The fourth-order valence-corrected chi connectivity index (χ4v) is 4.28. The van der Waals surface area contributed by atoms with E-state index in [0.717, 1.165) is 38.5 Å². The molecule has 182 valence electrons. The lowest BCUT2D eigenvalue weighted by Gasteiger charge is -2.38. The molecule has 0 aliphatic carbocycles. The van der Waals surface area contributed by atoms with Crippen molar-refractivity contribution in [2.24, 2.45) is 11.7 Å². The first-order chi connectivity index (χ1) is 14.8. The number of carbonyl (C=O) groups excluding carboxylic acids is 2. The van der Waals surface area contributed by atoms with E-state index < -0.39 is 23.3 Å². The van der Waals surface area contributed by atoms with E-state index in [1.807, 2.05) is 13.8 Å². The number of carboxylic acid groups (broad SMARTS) is 1. The maximum absolute atomic E-state index is 12.7. The van der Waals surface area contributed by atoms with E-state index >= 15 is 0 Å². The molecule has 6 heteroatoms. The Labute approximate surface area is 190 Å². The summed E-state index contributed by atoms with van der Waals surface area (Å²) in [5.74, 6) is -2.28. The van der Waals surface area contributed by atoms with Gasteiger partial charge in [-0.25, -0.2) is 4.79 Å². The van der Waals surface area contributed by atoms with Crippen molar-refractivity contribution in [3.8, 4) is 0 Å². The summed E-state index contributed by atoms with van der Waals surface area (Å²) in [6.07, 6.45) is 14.8. The van der Waals surface area contributed by atoms with E-state index in [1.165, 1.54) is 38.5 Å². The maximum Gasteiger partial charge on any atom is 0.329 e. The summed E-state index contributed by atoms with van der Waals surface area (Å²) in [4.78, 5) is 36.8. The fraction of sp³-hybridized carbons (Fsp3) is 0.880. The molecule has 6 nitrogen and oxygen atoms in total. The van der Waals surface area contributed by atoms with Crippen LogP contribution in [0.15, 0.2) is 0 Å². The summed E-state index contributed by atoms with van der Waals surface area (Å²) in [5.41, 5.74) is 4.02. The number of carbonyl (C=O) groups is 3. The van der Waals surface area contributed by atoms with Crippen molar-refractivity contribution in [2.75, 3.05) is 0 Å². The van der Waals surface area contributed by atoms with Crippen LogP contribution in [-0.4, -0.2) is 28.4 Å². The molecule has 0 aliphatic rings. The summed E-state index contributed by atoms with van der Waals surface area (Å²) < 4.78 is 0. The van der Waals surface area contributed by atoms with Crippen LogP contribution in [0, 0.1) is 5.92 Å². The average molecular weight is 441 g/mol. The molecule has 0 aromatic carbocycles. The van der Waals surface area contributed by atoms with E-state index in [2.05, 4.69) is 12.2 Å². The summed E-state index contributed by atoms with van der Waals surface area (Å²) in [5, 5.41) is 13.0. The van der Waals surface area contributed by atoms with Crippen molar-refractivity contribution in [1.82, 2.24) is 5.32 Å². The smallest absolute Gasteiger partial charge is 0.329 e. The molecular weight excluding hydrogens is 392 g/mol. The quantitative estimate of drug-likeness (QED) is 0.198. The highest BCUT2D eigenvalue weighted by Gasteiger charge is 2.46. The molecule has 0 radical (unpaired) electrons. The number of amides is 2. The lowest BCUT2D eigenvalue weighted by molar-refractivity contribution is -0.152. The zero-order chi connectivity index (χ0) is 23.5. The predicted molar refractivity (Wildman–Crippen MR) is 127 cm³/mol. The standard InChI is InChI=1S/C25H48N2O4/c1-4-7-10-11-12-13-14-15-16-18-23(29)27-25(24(30)31,19-9-6-3)21(17-8-5-2)20-22(26)28/h21H,4-20H2,1-3H3,(H2,26,28)(H,27,29)(H,30,31)/t21?,25-/m0/s1. The SMILES string of the molecule is CCCCCCCCCCCC(=O)N[C@](CCCC)(C(=O)O)C(CCCC)CC(N)=O. The van der Waals surface area contributed by atoms with Gasteiger partial charge in [-0.1, -0.05) is 97.8 Å². The number of rotatable bonds is 21. The molecule has 0 fully saturated rings. The molecule has 0 saturated carbocycles. The van der Waals surface area contributed by atoms with Crippen molar-refractivity contribution in [3.05, 3.63) is 0 Å². The molecule has 31 heavy (non-hydrogen) atoms. The second kappa shape index (κ2) is 18.0. The topological polar surface area (TPSA) is 109 Å². The van der Waals surface area contributed by atoms with Gasteiger partial charge in [0, 0.05) is 18.8 Å². The van der Waals surface area contributed by atoms with E-state index in [9.17, 15) is 19.5 Å². The fourth-order valence-electron chi connectivity index (χ4n) is 4.28. The van der Waals surface area contributed by atoms with Crippen LogP contribution in [0.25, 0.3) is 0 Å². The number of unbranched alkanes of at least 4 members (excludes halogenated alkanes) is 10. The molecule has 0 rings (SSSR count). The van der Waals surface area contributed by atoms with E-state index in [1.54, 1.807) is 0 Å². The van der Waals surface area contributed by atoms with E-state index in [4.69, 9.17) is 5.73 Å². The van der Waals surface area contributed by atoms with Gasteiger partial charge in [0.2, 0.25) is 11.8 Å². The molecule has 2 atom stereocenters. The lowest BCUT2D eigenvalue weighted by atomic mass is 9.75. The van der Waals surface area contributed by atoms with Crippen LogP contribution in [0.3, 0.4) is 0 Å². The van der Waals surface area contributed by atoms with Crippen molar-refractivity contribution >= 4 is 17.8 Å². The van der Waals surface area contributed by atoms with Crippen LogP contribution >= 0.6 is 0 Å². The first-order valence-electron chi connectivity index (χ1n) is 12.7. The summed E-state index contributed by atoms with van der Waals surface area (Å²) >= 11 is 0. The maximum atomic E-state index is 12.7. The Morgan fingerprint density at radius 3 is 1.81 bits per heavy atom. The summed E-state index contributed by atoms with van der Waals surface area (Å²) in [7, 11) is 0. The molecule has 2 amide bonds. The Hall–Kier alpha value is -1.59. The van der Waals surface area contributed by atoms with Crippen LogP contribution in [0.1, 0.15) is 130 Å². The van der Waals surface area contributed by atoms with Gasteiger partial charge in [0.15, 0.2) is 0 Å². The summed E-state index contributed by atoms with van der Waals surface area (Å²) in [6.45, 7) is 6.23. The van der Waals surface area contributed by atoms with Crippen molar-refractivity contribution in [2.45, 2.75) is 135 Å². The number of nitrogens with two attached hydrogens (primary N) is 1. The third-order valence-electron chi connectivity index (χ3n) is 6.23. The highest BCUT2D eigenvalue weighted by atomic mass is 16.4. The zero-order valence-electron chi connectivity index (χ0n) is 20.3. The third-order valence-corrected chi connectivity index (χ3v) is 6.23. The first-order valence-corrected chi connectivity index (χ1v) is 12.7. The highest BCUT2D eigenvalue weighted by Crippen LogP contribution is 2.32. The molecule has 1 unspecified atom stereocenters. The minimum Gasteiger partial charge on any atom is -0.479 e. The number of aliphatic carboxylic acids is 1. The molecule has 0 spiro atoms. The Balaban J connectivity index is 4.88. The summed E-state index contributed by atoms with van der Waals surface area (Å²) in [6, 6.07) is 0. The second-order valence-electron chi connectivity index (χ2n) is 9.02. The van der Waals surface area contributed by atoms with Gasteiger partial charge < -0.3 is 16.2 Å². The largest absolute Gasteiger partial charge is 0.479 e. The van der Waals surface area contributed by atoms with Crippen LogP contribution in [-0.2, 0) is 14.4 Å². The predicted octanol–water partition coefficient (Wildman–Crippen LogP) is 5.72. The number of hydrogen-bond donors (Lipinski definition) is 3. The van der Waals surface area contributed by atoms with E-state index in [-0.39, 0.29) is 12.3 Å². The van der Waals surface area contributed by atoms with E-state index in [0.29, 0.717) is 25.7 Å². The second-order valence-corrected chi connectivity index (χ2v) is 9.02. The average Bonchev–Trinajstić information content (AvgIpc) is 2.72. The zero-order valence-corrected chi connectivity index (χ0v) is 20.3. The van der Waals surface area contributed by atoms with Gasteiger partial charge in [0.1, 0.15) is 5.54 Å². The molecule has 0 saturated heterocycles. The molecule has 0 aliphatic heterocycles. The molecule has 0 aromatic rings. The van der Waals surface area contributed by atoms with Crippen LogP contribution in [0.5, 0.6) is 0 Å². The minimum absolute atomic E-state index is 0.0195. The van der Waals surface area contributed by atoms with Gasteiger partial charge in [-0.3, -0.25) is 9.59 Å². The lowest BCUT2D eigenvalue weighted by Crippen LogP contribution is -2.60. The number of nitrogens with one attached hydrogen (secondary N) is 1. The molecule has 0 heterocycles. The minimum atomic E-state index is -1.42. The van der Waals surface area contributed by atoms with Gasteiger partial charge in [0.05, 0.1) is 0 Å². The van der Waals surface area contributed by atoms with Crippen molar-refractivity contribution < 1.29 is 19.5 Å². The Morgan fingerprint density at radius 1 is 0.806 bits per heavy atom. The Bertz CT molecular complexity index is 510.